The zero-order chi connectivity index (χ0) is 31.2. The van der Waals surface area contributed by atoms with E-state index in [-0.39, 0.29) is 35.0 Å². The van der Waals surface area contributed by atoms with Crippen LogP contribution in [0.1, 0.15) is 35.4 Å². The minimum Gasteiger partial charge on any atom is -0.507 e. The molecule has 0 aliphatic carbocycles. The number of phenolic OH excluding ortho intramolecular Hbond substituents is 2. The van der Waals surface area contributed by atoms with Gasteiger partial charge in [-0.15, -0.1) is 0 Å². The van der Waals surface area contributed by atoms with Crippen LogP contribution in [0.3, 0.4) is 0 Å². The van der Waals surface area contributed by atoms with Crippen molar-refractivity contribution in [3.05, 3.63) is 41.5 Å². The lowest BCUT2D eigenvalue weighted by molar-refractivity contribution is -0.354. The molecule has 15 heteroatoms. The number of carbonyl (C=O) groups is 1. The lowest BCUT2D eigenvalue weighted by Gasteiger charge is -2.45. The van der Waals surface area contributed by atoms with Crippen LogP contribution in [-0.4, -0.2) is 122 Å². The molecule has 0 saturated carbocycles. The van der Waals surface area contributed by atoms with Gasteiger partial charge in [0, 0.05) is 12.1 Å². The summed E-state index contributed by atoms with van der Waals surface area (Å²) >= 11 is 0. The van der Waals surface area contributed by atoms with Crippen molar-refractivity contribution in [1.29, 1.82) is 0 Å². The van der Waals surface area contributed by atoms with E-state index in [1.165, 1.54) is 32.2 Å². The van der Waals surface area contributed by atoms with Crippen LogP contribution in [0.25, 0.3) is 0 Å². The van der Waals surface area contributed by atoms with Crippen molar-refractivity contribution < 1.29 is 74.1 Å². The average Bonchev–Trinajstić information content (AvgIpc) is 2.97. The Bertz CT molecular complexity index is 1320. The van der Waals surface area contributed by atoms with E-state index in [1.54, 1.807) is 6.07 Å². The quantitative estimate of drug-likeness (QED) is 0.185. The highest BCUT2D eigenvalue weighted by Gasteiger charge is 2.51. The molecule has 0 aromatic heterocycles. The van der Waals surface area contributed by atoms with E-state index in [4.69, 9.17) is 28.4 Å². The van der Waals surface area contributed by atoms with Gasteiger partial charge in [0.2, 0.25) is 6.29 Å². The smallest absolute Gasteiger partial charge is 0.229 e. The number of hydrogen-bond donors (Lipinski definition) is 8. The van der Waals surface area contributed by atoms with Crippen LogP contribution in [0.5, 0.6) is 28.7 Å². The van der Waals surface area contributed by atoms with Gasteiger partial charge in [0.05, 0.1) is 26.2 Å². The van der Waals surface area contributed by atoms with Crippen molar-refractivity contribution in [3.63, 3.8) is 0 Å². The Balaban J connectivity index is 1.41. The molecule has 2 saturated heterocycles. The van der Waals surface area contributed by atoms with Crippen LogP contribution in [0.15, 0.2) is 30.3 Å². The lowest BCUT2D eigenvalue weighted by Crippen LogP contribution is -2.64. The summed E-state index contributed by atoms with van der Waals surface area (Å²) in [5, 5.41) is 82.4. The van der Waals surface area contributed by atoms with Crippen molar-refractivity contribution in [3.8, 4) is 28.7 Å². The highest BCUT2D eigenvalue weighted by Crippen LogP contribution is 2.43. The lowest BCUT2D eigenvalue weighted by atomic mass is 9.95. The van der Waals surface area contributed by atoms with Gasteiger partial charge in [0.15, 0.2) is 29.7 Å². The second-order valence-electron chi connectivity index (χ2n) is 10.6. The first-order valence-corrected chi connectivity index (χ1v) is 13.5. The van der Waals surface area contributed by atoms with Crippen LogP contribution in [0.4, 0.5) is 0 Å². The third-order valence-electron chi connectivity index (χ3n) is 7.72. The van der Waals surface area contributed by atoms with Crippen molar-refractivity contribution in [2.75, 3.05) is 13.7 Å². The molecule has 8 N–H and O–H groups in total. The first-order chi connectivity index (χ1) is 20.4. The zero-order valence-corrected chi connectivity index (χ0v) is 23.1. The fraction of sp³-hybridized carbons (Fsp3) is 0.536. The Hall–Kier alpha value is -3.25. The number of aromatic hydroxyl groups is 2. The van der Waals surface area contributed by atoms with Gasteiger partial charge in [0.1, 0.15) is 65.5 Å². The Morgan fingerprint density at radius 1 is 0.884 bits per heavy atom. The summed E-state index contributed by atoms with van der Waals surface area (Å²) in [4.78, 5) is 13.0. The maximum Gasteiger partial charge on any atom is 0.229 e. The largest absolute Gasteiger partial charge is 0.507 e. The van der Waals surface area contributed by atoms with Crippen molar-refractivity contribution >= 4 is 5.78 Å². The Morgan fingerprint density at radius 3 is 2.30 bits per heavy atom. The van der Waals surface area contributed by atoms with E-state index >= 15 is 0 Å². The Morgan fingerprint density at radius 2 is 1.63 bits per heavy atom. The van der Waals surface area contributed by atoms with Gasteiger partial charge in [-0.2, -0.15) is 0 Å². The van der Waals surface area contributed by atoms with Crippen LogP contribution < -0.4 is 14.2 Å². The molecule has 5 rings (SSSR count). The van der Waals surface area contributed by atoms with E-state index in [2.05, 4.69) is 0 Å². The summed E-state index contributed by atoms with van der Waals surface area (Å²) in [6, 6.07) is 6.89. The van der Waals surface area contributed by atoms with Gasteiger partial charge in [-0.3, -0.25) is 4.79 Å². The molecule has 0 radical (unpaired) electrons. The molecule has 0 bridgehead atoms. The third-order valence-corrected chi connectivity index (χ3v) is 7.72. The third kappa shape index (κ3) is 5.95. The summed E-state index contributed by atoms with van der Waals surface area (Å²) in [5.41, 5.74) is 0.352. The van der Waals surface area contributed by atoms with Crippen LogP contribution in [0, 0.1) is 0 Å². The van der Waals surface area contributed by atoms with Gasteiger partial charge in [0.25, 0.3) is 0 Å². The monoisotopic (exact) mass is 610 g/mol. The summed E-state index contributed by atoms with van der Waals surface area (Å²) in [6.45, 7) is 0.699. The first kappa shape index (κ1) is 31.2. The van der Waals surface area contributed by atoms with Crippen molar-refractivity contribution in [2.24, 2.45) is 0 Å². The molecule has 2 aromatic carbocycles. The van der Waals surface area contributed by atoms with E-state index in [1.807, 2.05) is 0 Å². The van der Waals surface area contributed by atoms with E-state index in [9.17, 15) is 45.6 Å². The number of benzene rings is 2. The van der Waals surface area contributed by atoms with Crippen molar-refractivity contribution in [1.82, 2.24) is 0 Å². The molecule has 3 heterocycles. The highest BCUT2D eigenvalue weighted by molar-refractivity contribution is 6.02. The fourth-order valence-electron chi connectivity index (χ4n) is 5.29. The maximum absolute atomic E-state index is 13.0. The summed E-state index contributed by atoms with van der Waals surface area (Å²) in [6.07, 6.45) is -16.3. The van der Waals surface area contributed by atoms with Gasteiger partial charge in [-0.25, -0.2) is 0 Å². The number of ether oxygens (including phenoxy) is 6. The molecular formula is C28H34O15. The Labute approximate surface area is 245 Å². The first-order valence-electron chi connectivity index (χ1n) is 13.5. The fourth-order valence-corrected chi connectivity index (χ4v) is 5.29. The summed E-state index contributed by atoms with van der Waals surface area (Å²) in [5.74, 6) is -1.06. The molecular weight excluding hydrogens is 576 g/mol. The molecule has 2 aromatic rings. The number of aliphatic hydroxyl groups excluding tert-OH is 6. The van der Waals surface area contributed by atoms with E-state index in [0.29, 0.717) is 5.56 Å². The number of methoxy groups -OCH3 is 1. The average molecular weight is 611 g/mol. The molecule has 236 valence electrons. The maximum atomic E-state index is 13.0. The zero-order valence-electron chi connectivity index (χ0n) is 23.1. The van der Waals surface area contributed by atoms with Crippen LogP contribution >= 0.6 is 0 Å². The van der Waals surface area contributed by atoms with E-state index in [0.717, 1.165) is 6.07 Å². The number of hydrogen-bond acceptors (Lipinski definition) is 15. The second kappa shape index (κ2) is 12.4. The number of aliphatic hydroxyl groups is 6. The molecule has 3 aliphatic rings. The predicted molar refractivity (Wildman–Crippen MR) is 141 cm³/mol. The standard InChI is InChI=1S/C28H34O15/c1-10-21(33)23(35)25(37)27(39-10)43-26-24(36)22(34)19(9-29)42-28(26)40-12-6-14(31)20-15(32)8-17(41-18(20)7-12)11-3-4-16(38-2)13(30)5-11/h3-7,10,17,19,21-31,33-37H,8-9H2,1-2H3/t10-,17+,19+,21+,22+,23-,24-,25+,26+,27+,28+/m1/s1. The predicted octanol–water partition coefficient (Wildman–Crippen LogP) is -1.16. The van der Waals surface area contributed by atoms with Crippen LogP contribution in [0.2, 0.25) is 0 Å². The minimum absolute atomic E-state index is 0.0592. The number of carbonyl (C=O) groups excluding carboxylic acids is 1. The van der Waals surface area contributed by atoms with E-state index < -0.39 is 85.7 Å². The molecule has 0 amide bonds. The van der Waals surface area contributed by atoms with Crippen molar-refractivity contribution in [2.45, 2.75) is 80.9 Å². The molecule has 3 aliphatic heterocycles. The number of rotatable bonds is 7. The highest BCUT2D eigenvalue weighted by atomic mass is 16.8. The molecule has 0 unspecified atom stereocenters. The summed E-state index contributed by atoms with van der Waals surface area (Å²) < 4.78 is 33.7. The number of phenols is 2. The number of Topliss-reactive ketones (excluding diaryl/α,β-unsaturated/α-hetero) is 1. The SMILES string of the molecule is COc1ccc([C@@H]2CC(=O)c3c(O)cc(O[C@H]4O[C@@H](CO)[C@H](O)[C@@H](O)[C@@H]4O[C@@H]4O[C@H](C)[C@H](O)[C@@H](O)[C@@H]4O)cc3O2)cc1O. The van der Waals surface area contributed by atoms with Gasteiger partial charge >= 0.3 is 0 Å². The normalized spacial score (nSPS) is 36.0. The number of fused-ring (bicyclic) bond motifs is 1. The Kier molecular flexibility index (Phi) is 8.99. The summed E-state index contributed by atoms with van der Waals surface area (Å²) in [7, 11) is 1.39. The number of ketones is 1. The topological polar surface area (TPSA) is 234 Å². The molecule has 2 fully saturated rings. The minimum atomic E-state index is -1.76. The van der Waals surface area contributed by atoms with Crippen LogP contribution in [-0.2, 0) is 14.2 Å². The molecule has 0 spiro atoms. The molecule has 15 nitrogen and oxygen atoms in total. The van der Waals surface area contributed by atoms with Gasteiger partial charge < -0.3 is 69.3 Å². The molecule has 43 heavy (non-hydrogen) atoms. The van der Waals surface area contributed by atoms with Gasteiger partial charge in [-0.1, -0.05) is 6.07 Å². The molecule has 11 atom stereocenters. The van der Waals surface area contributed by atoms with Gasteiger partial charge in [-0.05, 0) is 24.6 Å². The second-order valence-corrected chi connectivity index (χ2v) is 10.6.